The van der Waals surface area contributed by atoms with Crippen molar-refractivity contribution in [1.29, 1.82) is 0 Å². The standard InChI is InChI=1S/C37H48ClN3O5/c1-8-9-10-11-21-41(35(44)31(39-36(45)46-37(5,6)7)23-27-16-18-28(42)19-17-27)33(29-20-15-24(2)22-26(29)4)34(43)40-32-25(3)13-12-14-30(32)38/h12-20,22,31,33,42H,8-11,21,23H2,1-7H3,(H,39,45)(H,40,43). The predicted octanol–water partition coefficient (Wildman–Crippen LogP) is 8.20. The van der Waals surface area contributed by atoms with Gasteiger partial charge in [0.25, 0.3) is 5.91 Å². The van der Waals surface area contributed by atoms with Gasteiger partial charge in [0.15, 0.2) is 0 Å². The Labute approximate surface area is 278 Å². The maximum Gasteiger partial charge on any atom is 0.408 e. The van der Waals surface area contributed by atoms with E-state index in [-0.39, 0.29) is 18.7 Å². The molecule has 46 heavy (non-hydrogen) atoms. The van der Waals surface area contributed by atoms with Crippen molar-refractivity contribution in [2.75, 3.05) is 11.9 Å². The zero-order valence-electron chi connectivity index (χ0n) is 28.1. The Morgan fingerprint density at radius 2 is 1.63 bits per heavy atom. The van der Waals surface area contributed by atoms with Crippen molar-refractivity contribution in [3.05, 3.63) is 93.5 Å². The minimum absolute atomic E-state index is 0.0886. The number of unbranched alkanes of at least 4 members (excludes halogenated alkanes) is 3. The highest BCUT2D eigenvalue weighted by molar-refractivity contribution is 6.34. The smallest absolute Gasteiger partial charge is 0.408 e. The molecule has 3 aromatic carbocycles. The van der Waals surface area contributed by atoms with Gasteiger partial charge in [0, 0.05) is 13.0 Å². The number of hydrogen-bond donors (Lipinski definition) is 3. The van der Waals surface area contributed by atoms with Crippen LogP contribution in [0.15, 0.2) is 60.7 Å². The number of halogens is 1. The Hall–Kier alpha value is -4.04. The second-order valence-corrected chi connectivity index (χ2v) is 13.3. The highest BCUT2D eigenvalue weighted by atomic mass is 35.5. The summed E-state index contributed by atoms with van der Waals surface area (Å²) in [6.45, 7) is 13.4. The van der Waals surface area contributed by atoms with Gasteiger partial charge >= 0.3 is 6.09 Å². The van der Waals surface area contributed by atoms with Gasteiger partial charge in [0.2, 0.25) is 5.91 Å². The lowest BCUT2D eigenvalue weighted by atomic mass is 9.95. The Balaban J connectivity index is 2.14. The highest BCUT2D eigenvalue weighted by Gasteiger charge is 2.37. The summed E-state index contributed by atoms with van der Waals surface area (Å²) in [5, 5.41) is 16.0. The van der Waals surface area contributed by atoms with Gasteiger partial charge < -0.3 is 25.4 Å². The fourth-order valence-corrected chi connectivity index (χ4v) is 5.63. The Morgan fingerprint density at radius 3 is 2.24 bits per heavy atom. The lowest BCUT2D eigenvalue weighted by Gasteiger charge is -2.35. The molecule has 0 heterocycles. The van der Waals surface area contributed by atoms with Gasteiger partial charge in [-0.05, 0) is 88.4 Å². The number of nitrogens with one attached hydrogen (secondary N) is 2. The summed E-state index contributed by atoms with van der Waals surface area (Å²) < 4.78 is 5.54. The number of amides is 3. The third-order valence-electron chi connectivity index (χ3n) is 7.65. The predicted molar refractivity (Wildman–Crippen MR) is 184 cm³/mol. The van der Waals surface area contributed by atoms with E-state index in [1.807, 2.05) is 51.1 Å². The van der Waals surface area contributed by atoms with Crippen LogP contribution in [0.5, 0.6) is 5.75 Å². The fourth-order valence-electron chi connectivity index (χ4n) is 5.36. The maximum absolute atomic E-state index is 14.8. The summed E-state index contributed by atoms with van der Waals surface area (Å²) in [5.74, 6) is -0.746. The number of phenolic OH excluding ortho intramolecular Hbond substituents is 1. The van der Waals surface area contributed by atoms with Gasteiger partial charge in [0.05, 0.1) is 10.7 Å². The van der Waals surface area contributed by atoms with Crippen LogP contribution >= 0.6 is 11.6 Å². The Bertz CT molecular complexity index is 1480. The number of hydrogen-bond acceptors (Lipinski definition) is 5. The first-order valence-corrected chi connectivity index (χ1v) is 16.3. The van der Waals surface area contributed by atoms with E-state index < -0.39 is 35.6 Å². The molecule has 3 rings (SSSR count). The average molecular weight is 650 g/mol. The van der Waals surface area contributed by atoms with Gasteiger partial charge in [-0.15, -0.1) is 0 Å². The molecular formula is C37H48ClN3O5. The van der Waals surface area contributed by atoms with Crippen LogP contribution < -0.4 is 10.6 Å². The number of phenols is 1. The van der Waals surface area contributed by atoms with Crippen LogP contribution in [-0.4, -0.2) is 46.1 Å². The molecule has 0 aliphatic rings. The fraction of sp³-hybridized carbons (Fsp3) is 0.432. The highest BCUT2D eigenvalue weighted by Crippen LogP contribution is 2.31. The second-order valence-electron chi connectivity index (χ2n) is 12.8. The third-order valence-corrected chi connectivity index (χ3v) is 7.97. The molecule has 3 amide bonds. The molecule has 0 saturated carbocycles. The molecule has 0 radical (unpaired) electrons. The van der Waals surface area contributed by atoms with Gasteiger partial charge in [-0.3, -0.25) is 9.59 Å². The quantitative estimate of drug-likeness (QED) is 0.162. The van der Waals surface area contributed by atoms with Gasteiger partial charge in [-0.2, -0.15) is 0 Å². The van der Waals surface area contributed by atoms with Crippen LogP contribution in [0.25, 0.3) is 0 Å². The lowest BCUT2D eigenvalue weighted by molar-refractivity contribution is -0.140. The molecule has 0 spiro atoms. The Kier molecular flexibility index (Phi) is 13.1. The monoisotopic (exact) mass is 649 g/mol. The number of carbonyl (C=O) groups is 3. The third kappa shape index (κ3) is 10.5. The van der Waals surface area contributed by atoms with E-state index in [1.54, 1.807) is 43.9 Å². The largest absolute Gasteiger partial charge is 0.508 e. The first-order chi connectivity index (χ1) is 21.7. The topological polar surface area (TPSA) is 108 Å². The number of rotatable bonds is 13. The molecule has 2 unspecified atom stereocenters. The molecule has 3 N–H and O–H groups in total. The molecule has 2 atom stereocenters. The van der Waals surface area contributed by atoms with Crippen molar-refractivity contribution in [2.45, 2.75) is 98.3 Å². The molecule has 8 nitrogen and oxygen atoms in total. The average Bonchev–Trinajstić information content (AvgIpc) is 2.97. The van der Waals surface area contributed by atoms with Crippen LogP contribution in [0.1, 0.15) is 87.2 Å². The first kappa shape index (κ1) is 36.4. The summed E-state index contributed by atoms with van der Waals surface area (Å²) in [5.41, 5.74) is 3.77. The SMILES string of the molecule is CCCCCCN(C(=O)C(Cc1ccc(O)cc1)NC(=O)OC(C)(C)C)C(C(=O)Nc1c(C)cccc1Cl)c1ccc(C)cc1C. The number of nitrogens with zero attached hydrogens (tertiary/aromatic N) is 1. The molecule has 248 valence electrons. The number of carbonyl (C=O) groups excluding carboxylic acids is 3. The first-order valence-electron chi connectivity index (χ1n) is 15.9. The number of anilines is 1. The normalized spacial score (nSPS) is 12.6. The molecule has 0 saturated heterocycles. The molecule has 0 aliphatic heterocycles. The molecular weight excluding hydrogens is 602 g/mol. The van der Waals surface area contributed by atoms with Crippen molar-refractivity contribution in [1.82, 2.24) is 10.2 Å². The zero-order chi connectivity index (χ0) is 34.0. The van der Waals surface area contributed by atoms with E-state index in [4.69, 9.17) is 16.3 Å². The number of aromatic hydroxyl groups is 1. The van der Waals surface area contributed by atoms with Crippen LogP contribution in [-0.2, 0) is 20.7 Å². The van der Waals surface area contributed by atoms with Crippen LogP contribution in [0.4, 0.5) is 10.5 Å². The van der Waals surface area contributed by atoms with E-state index in [2.05, 4.69) is 17.6 Å². The summed E-state index contributed by atoms with van der Waals surface area (Å²) in [4.78, 5) is 43.8. The van der Waals surface area contributed by atoms with Gasteiger partial charge in [-0.1, -0.05) is 85.8 Å². The van der Waals surface area contributed by atoms with Crippen molar-refractivity contribution < 1.29 is 24.2 Å². The van der Waals surface area contributed by atoms with Crippen LogP contribution in [0.2, 0.25) is 5.02 Å². The minimum Gasteiger partial charge on any atom is -0.508 e. The maximum atomic E-state index is 14.8. The van der Waals surface area contributed by atoms with Crippen molar-refractivity contribution >= 4 is 35.2 Å². The lowest BCUT2D eigenvalue weighted by Crippen LogP contribution is -2.53. The molecule has 0 aliphatic carbocycles. The van der Waals surface area contributed by atoms with Crippen molar-refractivity contribution in [2.24, 2.45) is 0 Å². The Morgan fingerprint density at radius 1 is 0.935 bits per heavy atom. The number of benzene rings is 3. The minimum atomic E-state index is -1.06. The van der Waals surface area contributed by atoms with Crippen LogP contribution in [0.3, 0.4) is 0 Å². The molecule has 0 fully saturated rings. The van der Waals surface area contributed by atoms with Crippen molar-refractivity contribution in [3.8, 4) is 5.75 Å². The second kappa shape index (κ2) is 16.5. The summed E-state index contributed by atoms with van der Waals surface area (Å²) in [7, 11) is 0. The summed E-state index contributed by atoms with van der Waals surface area (Å²) in [6, 6.07) is 15.6. The van der Waals surface area contributed by atoms with Gasteiger partial charge in [-0.25, -0.2) is 4.79 Å². The summed E-state index contributed by atoms with van der Waals surface area (Å²) >= 11 is 6.52. The number of alkyl carbamates (subject to hydrolysis) is 1. The number of aryl methyl sites for hydroxylation is 3. The zero-order valence-corrected chi connectivity index (χ0v) is 28.8. The summed E-state index contributed by atoms with van der Waals surface area (Å²) in [6.07, 6.45) is 2.90. The molecule has 0 aromatic heterocycles. The van der Waals surface area contributed by atoms with Gasteiger partial charge in [0.1, 0.15) is 23.4 Å². The van der Waals surface area contributed by atoms with E-state index >= 15 is 0 Å². The molecule has 9 heteroatoms. The van der Waals surface area contributed by atoms with E-state index in [0.717, 1.165) is 41.5 Å². The number of ether oxygens (including phenoxy) is 1. The van der Waals surface area contributed by atoms with E-state index in [0.29, 0.717) is 22.7 Å². The van der Waals surface area contributed by atoms with E-state index in [1.165, 1.54) is 12.1 Å². The molecule has 0 bridgehead atoms. The number of para-hydroxylation sites is 1. The molecule has 3 aromatic rings. The van der Waals surface area contributed by atoms with E-state index in [9.17, 15) is 19.5 Å². The van der Waals surface area contributed by atoms with Crippen molar-refractivity contribution in [3.63, 3.8) is 0 Å². The van der Waals surface area contributed by atoms with Crippen LogP contribution in [0, 0.1) is 20.8 Å².